The molecule has 31 heavy (non-hydrogen) atoms. The van der Waals surface area contributed by atoms with Gasteiger partial charge in [0, 0.05) is 18.6 Å². The molecule has 156 valence electrons. The van der Waals surface area contributed by atoms with Crippen molar-refractivity contribution < 1.29 is 9.53 Å². The Hall–Kier alpha value is -4.00. The first-order valence-corrected chi connectivity index (χ1v) is 9.99. The highest BCUT2D eigenvalue weighted by molar-refractivity contribution is 6.07. The van der Waals surface area contributed by atoms with E-state index in [2.05, 4.69) is 15.3 Å². The summed E-state index contributed by atoms with van der Waals surface area (Å²) in [5, 5.41) is 3.26. The van der Waals surface area contributed by atoms with Crippen molar-refractivity contribution in [3.8, 4) is 5.75 Å². The molecule has 0 spiro atoms. The number of nitrogens with zero attached hydrogens (tertiary/aromatic N) is 3. The number of anilines is 1. The first kappa shape index (κ1) is 20.3. The molecule has 7 heteroatoms. The van der Waals surface area contributed by atoms with Gasteiger partial charge in [0.05, 0.1) is 41.0 Å². The number of nitrogens with one attached hydrogen (secondary N) is 1. The van der Waals surface area contributed by atoms with Crippen molar-refractivity contribution in [3.05, 3.63) is 94.3 Å². The number of carbonyl (C=O) groups is 1. The van der Waals surface area contributed by atoms with E-state index < -0.39 is 0 Å². The van der Waals surface area contributed by atoms with E-state index in [4.69, 9.17) is 4.74 Å². The third-order valence-corrected chi connectivity index (χ3v) is 4.90. The summed E-state index contributed by atoms with van der Waals surface area (Å²) in [6.07, 6.45) is 5.12. The Kier molecular flexibility index (Phi) is 5.75. The molecule has 0 aliphatic rings. The summed E-state index contributed by atoms with van der Waals surface area (Å²) in [6.45, 7) is 4.51. The van der Waals surface area contributed by atoms with Crippen LogP contribution in [0.1, 0.15) is 28.5 Å². The van der Waals surface area contributed by atoms with Gasteiger partial charge in [-0.25, -0.2) is 0 Å². The van der Waals surface area contributed by atoms with Crippen LogP contribution >= 0.6 is 0 Å². The van der Waals surface area contributed by atoms with E-state index in [1.807, 2.05) is 31.2 Å². The number of para-hydroxylation sites is 2. The van der Waals surface area contributed by atoms with Gasteiger partial charge in [-0.3, -0.25) is 19.6 Å². The average Bonchev–Trinajstić information content (AvgIpc) is 2.77. The third-order valence-electron chi connectivity index (χ3n) is 4.90. The zero-order valence-electron chi connectivity index (χ0n) is 17.3. The van der Waals surface area contributed by atoms with Gasteiger partial charge in [0.2, 0.25) is 0 Å². The van der Waals surface area contributed by atoms with E-state index in [1.165, 1.54) is 0 Å². The number of carbonyl (C=O) groups excluding carboxylic acids is 1. The number of pyridine rings is 3. The first-order valence-electron chi connectivity index (χ1n) is 9.99. The van der Waals surface area contributed by atoms with Crippen LogP contribution in [0.15, 0.2) is 71.9 Å². The molecule has 1 N–H and O–H groups in total. The van der Waals surface area contributed by atoms with Crippen LogP contribution in [0.25, 0.3) is 10.9 Å². The predicted octanol–water partition coefficient (Wildman–Crippen LogP) is 3.80. The van der Waals surface area contributed by atoms with E-state index in [0.29, 0.717) is 46.7 Å². The fourth-order valence-corrected chi connectivity index (χ4v) is 3.39. The van der Waals surface area contributed by atoms with Crippen molar-refractivity contribution in [2.24, 2.45) is 0 Å². The van der Waals surface area contributed by atoms with E-state index in [1.54, 1.807) is 54.3 Å². The molecular formula is C24H22N4O3. The Balaban J connectivity index is 1.70. The van der Waals surface area contributed by atoms with Gasteiger partial charge in [-0.1, -0.05) is 18.2 Å². The number of benzene rings is 1. The average molecular weight is 414 g/mol. The fourth-order valence-electron chi connectivity index (χ4n) is 3.39. The molecule has 7 nitrogen and oxygen atoms in total. The lowest BCUT2D eigenvalue weighted by Crippen LogP contribution is -2.22. The molecule has 0 aliphatic heterocycles. The van der Waals surface area contributed by atoms with Crippen LogP contribution < -0.4 is 15.6 Å². The van der Waals surface area contributed by atoms with E-state index >= 15 is 0 Å². The van der Waals surface area contributed by atoms with E-state index in [9.17, 15) is 9.59 Å². The number of amides is 1. The van der Waals surface area contributed by atoms with Crippen LogP contribution in [-0.2, 0) is 6.54 Å². The minimum atomic E-state index is -0.346. The van der Waals surface area contributed by atoms with Gasteiger partial charge in [0.15, 0.2) is 0 Å². The molecule has 0 saturated heterocycles. The summed E-state index contributed by atoms with van der Waals surface area (Å²) in [5.41, 5.74) is 2.71. The number of ether oxygens (including phenoxy) is 1. The van der Waals surface area contributed by atoms with Gasteiger partial charge in [0.1, 0.15) is 5.75 Å². The molecule has 0 radical (unpaired) electrons. The van der Waals surface area contributed by atoms with Crippen molar-refractivity contribution in [2.45, 2.75) is 20.4 Å². The summed E-state index contributed by atoms with van der Waals surface area (Å²) in [6, 6.07) is 14.4. The Bertz CT molecular complexity index is 1300. The van der Waals surface area contributed by atoms with Crippen LogP contribution in [0.2, 0.25) is 0 Å². The number of aryl methyl sites for hydroxylation is 1. The monoisotopic (exact) mass is 414 g/mol. The Morgan fingerprint density at radius 3 is 2.77 bits per heavy atom. The van der Waals surface area contributed by atoms with Crippen LogP contribution in [0.3, 0.4) is 0 Å². The maximum atomic E-state index is 13.1. The Morgan fingerprint density at radius 2 is 2.00 bits per heavy atom. The molecule has 1 aromatic carbocycles. The summed E-state index contributed by atoms with van der Waals surface area (Å²) in [5.74, 6) is 0.240. The molecule has 0 saturated carbocycles. The number of fused-ring (bicyclic) bond motifs is 1. The zero-order chi connectivity index (χ0) is 21.8. The number of rotatable bonds is 6. The highest BCUT2D eigenvalue weighted by Crippen LogP contribution is 2.25. The van der Waals surface area contributed by atoms with Gasteiger partial charge in [-0.15, -0.1) is 0 Å². The molecular weight excluding hydrogens is 392 g/mol. The molecule has 3 heterocycles. The maximum absolute atomic E-state index is 13.1. The Morgan fingerprint density at radius 1 is 1.16 bits per heavy atom. The summed E-state index contributed by atoms with van der Waals surface area (Å²) < 4.78 is 7.16. The molecule has 4 aromatic rings. The van der Waals surface area contributed by atoms with Gasteiger partial charge in [-0.2, -0.15) is 0 Å². The molecule has 0 atom stereocenters. The second kappa shape index (κ2) is 8.79. The van der Waals surface area contributed by atoms with Crippen LogP contribution in [-0.4, -0.2) is 27.0 Å². The maximum Gasteiger partial charge on any atom is 0.260 e. The molecule has 0 bridgehead atoms. The van der Waals surface area contributed by atoms with Crippen LogP contribution in [0, 0.1) is 6.92 Å². The lowest BCUT2D eigenvalue weighted by molar-refractivity contribution is 0.102. The lowest BCUT2D eigenvalue weighted by atomic mass is 10.1. The minimum absolute atomic E-state index is 0.211. The molecule has 0 fully saturated rings. The normalized spacial score (nSPS) is 10.8. The predicted molar refractivity (Wildman–Crippen MR) is 120 cm³/mol. The standard InChI is InChI=1S/C24H22N4O3/c1-3-31-22-9-5-4-8-21(22)27-23(29)18-13-19-20(26-16(18)2)10-12-28(24(19)30)15-17-7-6-11-25-14-17/h4-14H,3,15H2,1-2H3,(H,27,29). The van der Waals surface area contributed by atoms with E-state index in [0.717, 1.165) is 5.56 Å². The van der Waals surface area contributed by atoms with Crippen molar-refractivity contribution >= 4 is 22.5 Å². The fraction of sp³-hybridized carbons (Fsp3) is 0.167. The second-order valence-corrected chi connectivity index (χ2v) is 7.05. The highest BCUT2D eigenvalue weighted by Gasteiger charge is 2.16. The number of hydrogen-bond donors (Lipinski definition) is 1. The van der Waals surface area contributed by atoms with Gasteiger partial charge in [0.25, 0.3) is 11.5 Å². The van der Waals surface area contributed by atoms with Crippen molar-refractivity contribution in [2.75, 3.05) is 11.9 Å². The summed E-state index contributed by atoms with van der Waals surface area (Å²) in [4.78, 5) is 34.6. The highest BCUT2D eigenvalue weighted by atomic mass is 16.5. The zero-order valence-corrected chi connectivity index (χ0v) is 17.3. The quantitative estimate of drug-likeness (QED) is 0.519. The molecule has 0 aliphatic carbocycles. The van der Waals surface area contributed by atoms with Gasteiger partial charge < -0.3 is 14.6 Å². The molecule has 1 amide bonds. The SMILES string of the molecule is CCOc1ccccc1NC(=O)c1cc2c(=O)n(Cc3cccnc3)ccc2nc1C. The van der Waals surface area contributed by atoms with Crippen LogP contribution in [0.5, 0.6) is 5.75 Å². The molecule has 0 unspecified atom stereocenters. The largest absolute Gasteiger partial charge is 0.492 e. The number of hydrogen-bond acceptors (Lipinski definition) is 5. The number of aromatic nitrogens is 3. The molecule has 3 aromatic heterocycles. The van der Waals surface area contributed by atoms with Crippen molar-refractivity contribution in [1.82, 2.24) is 14.5 Å². The first-order chi connectivity index (χ1) is 15.1. The summed E-state index contributed by atoms with van der Waals surface area (Å²) in [7, 11) is 0. The summed E-state index contributed by atoms with van der Waals surface area (Å²) >= 11 is 0. The smallest absolute Gasteiger partial charge is 0.260 e. The van der Waals surface area contributed by atoms with Crippen molar-refractivity contribution in [1.29, 1.82) is 0 Å². The third kappa shape index (κ3) is 4.30. The topological polar surface area (TPSA) is 86.1 Å². The Labute approximate surface area is 179 Å². The lowest BCUT2D eigenvalue weighted by Gasteiger charge is -2.13. The van der Waals surface area contributed by atoms with Gasteiger partial charge in [-0.05, 0) is 49.7 Å². The van der Waals surface area contributed by atoms with Crippen LogP contribution in [0.4, 0.5) is 5.69 Å². The van der Waals surface area contributed by atoms with Gasteiger partial charge >= 0.3 is 0 Å². The minimum Gasteiger partial charge on any atom is -0.492 e. The van der Waals surface area contributed by atoms with E-state index in [-0.39, 0.29) is 11.5 Å². The van der Waals surface area contributed by atoms with Crippen molar-refractivity contribution in [3.63, 3.8) is 0 Å². The second-order valence-electron chi connectivity index (χ2n) is 7.05. The molecule has 4 rings (SSSR count).